The van der Waals surface area contributed by atoms with Crippen LogP contribution in [0.5, 0.6) is 0 Å². The second-order valence-electron chi connectivity index (χ2n) is 5.65. The van der Waals surface area contributed by atoms with Crippen molar-refractivity contribution in [3.63, 3.8) is 0 Å². The van der Waals surface area contributed by atoms with Gasteiger partial charge in [-0.1, -0.05) is 36.2 Å². The number of nitrogens with one attached hydrogen (secondary N) is 1. The Morgan fingerprint density at radius 3 is 2.86 bits per heavy atom. The summed E-state index contributed by atoms with van der Waals surface area (Å²) in [5.74, 6) is 0.648. The maximum absolute atomic E-state index is 12.0. The number of halogens is 2. The van der Waals surface area contributed by atoms with Gasteiger partial charge < -0.3 is 10.1 Å². The molecule has 116 valence electrons. The van der Waals surface area contributed by atoms with Gasteiger partial charge in [-0.25, -0.2) is 0 Å². The molecule has 1 aromatic carbocycles. The first-order chi connectivity index (χ1) is 10.1. The quantitative estimate of drug-likeness (QED) is 0.738. The average Bonchev–Trinajstić information content (AvgIpc) is 3.25. The topological polar surface area (TPSA) is 38.3 Å². The van der Waals surface area contributed by atoms with Crippen LogP contribution in [-0.2, 0) is 16.0 Å². The van der Waals surface area contributed by atoms with Crippen molar-refractivity contribution >= 4 is 29.1 Å². The number of carbonyl (C=O) groups excluding carboxylic acids is 1. The summed E-state index contributed by atoms with van der Waals surface area (Å²) in [6.45, 7) is 3.86. The Kier molecular flexibility index (Phi) is 6.34. The van der Waals surface area contributed by atoms with Gasteiger partial charge in [0.1, 0.15) is 0 Å². The van der Waals surface area contributed by atoms with Gasteiger partial charge in [-0.3, -0.25) is 4.79 Å². The molecule has 0 heterocycles. The minimum absolute atomic E-state index is 0.0241. The number of hydrogen-bond donors (Lipinski definition) is 1. The first kappa shape index (κ1) is 16.6. The third kappa shape index (κ3) is 5.85. The van der Waals surface area contributed by atoms with Crippen LogP contribution >= 0.6 is 23.2 Å². The normalized spacial score (nSPS) is 15.8. The van der Waals surface area contributed by atoms with E-state index in [1.54, 1.807) is 12.1 Å². The Bertz CT molecular complexity index is 489. The molecule has 1 fully saturated rings. The highest BCUT2D eigenvalue weighted by molar-refractivity contribution is 6.35. The molecule has 0 aromatic heterocycles. The van der Waals surface area contributed by atoms with Crippen LogP contribution in [0.3, 0.4) is 0 Å². The molecule has 21 heavy (non-hydrogen) atoms. The summed E-state index contributed by atoms with van der Waals surface area (Å²) >= 11 is 12.0. The SMILES string of the molecule is CC(Cc1ccc(Cl)cc1Cl)C(=O)NCCOCC1CC1. The van der Waals surface area contributed by atoms with Gasteiger partial charge in [-0.2, -0.15) is 0 Å². The largest absolute Gasteiger partial charge is 0.379 e. The van der Waals surface area contributed by atoms with Crippen LogP contribution in [0.25, 0.3) is 0 Å². The van der Waals surface area contributed by atoms with Crippen LogP contribution in [0, 0.1) is 11.8 Å². The molecule has 1 saturated carbocycles. The van der Waals surface area contributed by atoms with Gasteiger partial charge in [-0.15, -0.1) is 0 Å². The molecule has 0 radical (unpaired) electrons. The molecule has 1 atom stereocenters. The van der Waals surface area contributed by atoms with Crippen LogP contribution in [0.4, 0.5) is 0 Å². The minimum atomic E-state index is -0.132. The van der Waals surface area contributed by atoms with E-state index in [1.807, 2.05) is 13.0 Å². The lowest BCUT2D eigenvalue weighted by Gasteiger charge is -2.13. The van der Waals surface area contributed by atoms with Crippen LogP contribution in [0.2, 0.25) is 10.0 Å². The smallest absolute Gasteiger partial charge is 0.223 e. The van der Waals surface area contributed by atoms with Crippen molar-refractivity contribution in [1.29, 1.82) is 0 Å². The monoisotopic (exact) mass is 329 g/mol. The second-order valence-corrected chi connectivity index (χ2v) is 6.49. The number of hydrogen-bond acceptors (Lipinski definition) is 2. The Labute approximate surface area is 136 Å². The highest BCUT2D eigenvalue weighted by Crippen LogP contribution is 2.28. The van der Waals surface area contributed by atoms with Crippen molar-refractivity contribution in [3.05, 3.63) is 33.8 Å². The maximum Gasteiger partial charge on any atom is 0.223 e. The van der Waals surface area contributed by atoms with Gasteiger partial charge in [0.25, 0.3) is 0 Å². The Morgan fingerprint density at radius 2 is 2.19 bits per heavy atom. The van der Waals surface area contributed by atoms with Gasteiger partial charge in [0.15, 0.2) is 0 Å². The summed E-state index contributed by atoms with van der Waals surface area (Å²) in [7, 11) is 0. The van der Waals surface area contributed by atoms with E-state index in [0.717, 1.165) is 18.1 Å². The number of rotatable bonds is 8. The number of amides is 1. The Morgan fingerprint density at radius 1 is 1.43 bits per heavy atom. The van der Waals surface area contributed by atoms with E-state index in [-0.39, 0.29) is 11.8 Å². The van der Waals surface area contributed by atoms with Gasteiger partial charge >= 0.3 is 0 Å². The number of benzene rings is 1. The molecule has 1 amide bonds. The highest BCUT2D eigenvalue weighted by Gasteiger charge is 2.21. The van der Waals surface area contributed by atoms with Crippen LogP contribution < -0.4 is 5.32 Å². The molecule has 1 aromatic rings. The predicted molar refractivity (Wildman–Crippen MR) is 85.9 cm³/mol. The summed E-state index contributed by atoms with van der Waals surface area (Å²) in [6, 6.07) is 5.36. The Hall–Kier alpha value is -0.770. The van der Waals surface area contributed by atoms with E-state index in [2.05, 4.69) is 5.32 Å². The van der Waals surface area contributed by atoms with E-state index in [1.165, 1.54) is 12.8 Å². The molecule has 5 heteroatoms. The number of carbonyl (C=O) groups is 1. The van der Waals surface area contributed by atoms with E-state index < -0.39 is 0 Å². The fourth-order valence-corrected chi connectivity index (χ4v) is 2.55. The summed E-state index contributed by atoms with van der Waals surface area (Å²) in [6.07, 6.45) is 3.17. The molecule has 0 saturated heterocycles. The molecule has 2 rings (SSSR count). The molecule has 3 nitrogen and oxygen atoms in total. The molecule has 1 unspecified atom stereocenters. The highest BCUT2D eigenvalue weighted by atomic mass is 35.5. The first-order valence-corrected chi connectivity index (χ1v) is 8.11. The van der Waals surface area contributed by atoms with Gasteiger partial charge in [0.05, 0.1) is 6.61 Å². The zero-order valence-electron chi connectivity index (χ0n) is 12.2. The fraction of sp³-hybridized carbons (Fsp3) is 0.562. The maximum atomic E-state index is 12.0. The summed E-state index contributed by atoms with van der Waals surface area (Å²) in [5.41, 5.74) is 0.939. The molecule has 1 aliphatic carbocycles. The Balaban J connectivity index is 1.68. The lowest BCUT2D eigenvalue weighted by molar-refractivity contribution is -0.124. The van der Waals surface area contributed by atoms with Crippen molar-refractivity contribution in [1.82, 2.24) is 5.32 Å². The summed E-state index contributed by atoms with van der Waals surface area (Å²) in [5, 5.41) is 4.11. The fourth-order valence-electron chi connectivity index (χ4n) is 2.06. The average molecular weight is 330 g/mol. The molecule has 1 N–H and O–H groups in total. The van der Waals surface area contributed by atoms with Crippen molar-refractivity contribution in [3.8, 4) is 0 Å². The zero-order valence-corrected chi connectivity index (χ0v) is 13.7. The minimum Gasteiger partial charge on any atom is -0.379 e. The zero-order chi connectivity index (χ0) is 15.2. The molecule has 0 aliphatic heterocycles. The lowest BCUT2D eigenvalue weighted by Crippen LogP contribution is -2.33. The summed E-state index contributed by atoms with van der Waals surface area (Å²) < 4.78 is 5.49. The lowest BCUT2D eigenvalue weighted by atomic mass is 10.0. The van der Waals surface area contributed by atoms with Crippen molar-refractivity contribution in [2.24, 2.45) is 11.8 Å². The van der Waals surface area contributed by atoms with E-state index >= 15 is 0 Å². The van der Waals surface area contributed by atoms with Gasteiger partial charge in [0, 0.05) is 29.1 Å². The first-order valence-electron chi connectivity index (χ1n) is 7.35. The molecular formula is C16H21Cl2NO2. The molecule has 1 aliphatic rings. The van der Waals surface area contributed by atoms with E-state index in [4.69, 9.17) is 27.9 Å². The van der Waals surface area contributed by atoms with Gasteiger partial charge in [0.2, 0.25) is 5.91 Å². The van der Waals surface area contributed by atoms with Crippen LogP contribution in [0.1, 0.15) is 25.3 Å². The van der Waals surface area contributed by atoms with Crippen LogP contribution in [-0.4, -0.2) is 25.7 Å². The van der Waals surface area contributed by atoms with E-state index in [0.29, 0.717) is 29.6 Å². The molecule has 0 bridgehead atoms. The standard InChI is InChI=1S/C16H21Cl2NO2/c1-11(8-13-4-5-14(17)9-15(13)18)16(20)19-6-7-21-10-12-2-3-12/h4-5,9,11-12H,2-3,6-8,10H2,1H3,(H,19,20). The predicted octanol–water partition coefficient (Wildman–Crippen LogP) is 3.71. The third-order valence-electron chi connectivity index (χ3n) is 3.58. The van der Waals surface area contributed by atoms with Crippen molar-refractivity contribution < 1.29 is 9.53 Å². The molecule has 0 spiro atoms. The third-order valence-corrected chi connectivity index (χ3v) is 4.17. The van der Waals surface area contributed by atoms with Crippen molar-refractivity contribution in [2.45, 2.75) is 26.2 Å². The summed E-state index contributed by atoms with van der Waals surface area (Å²) in [4.78, 5) is 12.0. The number of ether oxygens (including phenoxy) is 1. The second kappa shape index (κ2) is 8.02. The molecular weight excluding hydrogens is 309 g/mol. The van der Waals surface area contributed by atoms with Crippen molar-refractivity contribution in [2.75, 3.05) is 19.8 Å². The van der Waals surface area contributed by atoms with Gasteiger partial charge in [-0.05, 0) is 42.9 Å². The van der Waals surface area contributed by atoms with E-state index in [9.17, 15) is 4.79 Å². The van der Waals surface area contributed by atoms with Crippen LogP contribution in [0.15, 0.2) is 18.2 Å².